The van der Waals surface area contributed by atoms with E-state index in [0.29, 0.717) is 32.1 Å². The van der Waals surface area contributed by atoms with Crippen LogP contribution in [0.3, 0.4) is 0 Å². The van der Waals surface area contributed by atoms with Crippen molar-refractivity contribution >= 4 is 11.6 Å². The molecule has 4 aliphatic rings. The van der Waals surface area contributed by atoms with E-state index < -0.39 is 22.6 Å². The van der Waals surface area contributed by atoms with E-state index >= 15 is 4.39 Å². The summed E-state index contributed by atoms with van der Waals surface area (Å²) in [6.45, 7) is 3.81. The topological polar surface area (TPSA) is 54.4 Å². The number of halogens is 1. The molecule has 6 atom stereocenters. The highest BCUT2D eigenvalue weighted by atomic mass is 19.1. The first kappa shape index (κ1) is 15.5. The number of carbonyl (C=O) groups is 2. The molecule has 4 heteroatoms. The maximum atomic E-state index is 16.5. The van der Waals surface area contributed by atoms with Gasteiger partial charge >= 0.3 is 0 Å². The van der Waals surface area contributed by atoms with Crippen molar-refractivity contribution < 1.29 is 19.1 Å². The Kier molecular flexibility index (Phi) is 3.05. The van der Waals surface area contributed by atoms with Crippen molar-refractivity contribution in [2.24, 2.45) is 22.7 Å². The molecule has 0 unspecified atom stereocenters. The van der Waals surface area contributed by atoms with E-state index in [1.165, 1.54) is 0 Å². The smallest absolute Gasteiger partial charge is 0.155 e. The second-order valence-electron chi connectivity index (χ2n) is 8.59. The van der Waals surface area contributed by atoms with Gasteiger partial charge in [0.15, 0.2) is 5.78 Å². The lowest BCUT2D eigenvalue weighted by Gasteiger charge is -2.62. The van der Waals surface area contributed by atoms with E-state index in [2.05, 4.69) is 0 Å². The average molecular weight is 320 g/mol. The Morgan fingerprint density at radius 2 is 1.83 bits per heavy atom. The number of hydrogen-bond donors (Lipinski definition) is 1. The zero-order valence-electron chi connectivity index (χ0n) is 13.9. The second kappa shape index (κ2) is 4.53. The van der Waals surface area contributed by atoms with Crippen LogP contribution in [0.5, 0.6) is 0 Å². The molecule has 0 radical (unpaired) electrons. The molecule has 0 bridgehead atoms. The molecule has 4 rings (SSSR count). The molecule has 0 aromatic rings. The molecule has 0 amide bonds. The Hall–Kier alpha value is -1.03. The summed E-state index contributed by atoms with van der Waals surface area (Å²) in [7, 11) is 0. The lowest BCUT2D eigenvalue weighted by molar-refractivity contribution is -0.202. The first-order valence-electron chi connectivity index (χ1n) is 8.87. The fraction of sp³-hybridized carbons (Fsp3) is 0.789. The summed E-state index contributed by atoms with van der Waals surface area (Å²) in [4.78, 5) is 24.1. The molecule has 1 N–H and O–H groups in total. The van der Waals surface area contributed by atoms with E-state index in [1.807, 2.05) is 13.8 Å². The minimum atomic E-state index is -1.72. The Balaban J connectivity index is 1.83. The number of Topliss-reactive ketones (excluding diaryl/α,β-unsaturated/α-hetero) is 1. The van der Waals surface area contributed by atoms with Crippen LogP contribution >= 0.6 is 0 Å². The largest absolute Gasteiger partial charge is 0.390 e. The second-order valence-corrected chi connectivity index (χ2v) is 8.59. The minimum Gasteiger partial charge on any atom is -0.390 e. The van der Waals surface area contributed by atoms with Gasteiger partial charge in [-0.15, -0.1) is 0 Å². The minimum absolute atomic E-state index is 0.0272. The fourth-order valence-corrected chi connectivity index (χ4v) is 6.34. The van der Waals surface area contributed by atoms with Crippen LogP contribution in [0.4, 0.5) is 4.39 Å². The SMILES string of the molecule is C[C@]12CCC(=O)C=C1CC[C@@H]1[C@H]3CCC(=O)[C@@]3(C)C[C@@H](O)[C@]12F. The van der Waals surface area contributed by atoms with Crippen molar-refractivity contribution in [3.63, 3.8) is 0 Å². The Morgan fingerprint density at radius 3 is 2.57 bits per heavy atom. The van der Waals surface area contributed by atoms with E-state index in [-0.39, 0.29) is 29.8 Å². The Bertz CT molecular complexity index is 626. The first-order chi connectivity index (χ1) is 10.7. The van der Waals surface area contributed by atoms with Gasteiger partial charge in [-0.25, -0.2) is 4.39 Å². The van der Waals surface area contributed by atoms with Crippen molar-refractivity contribution in [1.82, 2.24) is 0 Å². The molecule has 0 aliphatic heterocycles. The third-order valence-electron chi connectivity index (χ3n) is 7.75. The van der Waals surface area contributed by atoms with Gasteiger partial charge in [0.1, 0.15) is 11.5 Å². The number of alkyl halides is 1. The molecule has 0 spiro atoms. The van der Waals surface area contributed by atoms with Crippen LogP contribution in [-0.4, -0.2) is 28.4 Å². The van der Waals surface area contributed by atoms with Crippen LogP contribution in [0.25, 0.3) is 0 Å². The first-order valence-corrected chi connectivity index (χ1v) is 8.87. The van der Waals surface area contributed by atoms with Crippen molar-refractivity contribution in [2.45, 2.75) is 70.6 Å². The molecule has 0 saturated heterocycles. The molecule has 126 valence electrons. The van der Waals surface area contributed by atoms with Crippen LogP contribution in [-0.2, 0) is 9.59 Å². The number of aliphatic hydroxyl groups excluding tert-OH is 1. The normalized spacial score (nSPS) is 52.5. The molecule has 3 nitrogen and oxygen atoms in total. The fourth-order valence-electron chi connectivity index (χ4n) is 6.34. The van der Waals surface area contributed by atoms with Gasteiger partial charge in [-0.2, -0.15) is 0 Å². The zero-order chi connectivity index (χ0) is 16.6. The maximum absolute atomic E-state index is 16.5. The third-order valence-corrected chi connectivity index (χ3v) is 7.75. The number of allylic oxidation sites excluding steroid dienone is 1. The van der Waals surface area contributed by atoms with Gasteiger partial charge in [0.2, 0.25) is 0 Å². The van der Waals surface area contributed by atoms with Gasteiger partial charge in [-0.1, -0.05) is 19.4 Å². The lowest BCUT2D eigenvalue weighted by atomic mass is 9.45. The van der Waals surface area contributed by atoms with E-state index in [4.69, 9.17) is 0 Å². The molecule has 0 aromatic carbocycles. The standard InChI is InChI=1S/C19H25FO3/c1-17-10-16(23)19(20)14(13(17)5-6-15(17)22)4-3-11-9-12(21)7-8-18(11,19)2/h9,13-14,16,23H,3-8,10H2,1-2H3/t13-,14-,16-,17+,18+,19-/m1/s1. The van der Waals surface area contributed by atoms with Crippen molar-refractivity contribution in [3.05, 3.63) is 11.6 Å². The number of carbonyl (C=O) groups excluding carboxylic acids is 2. The highest BCUT2D eigenvalue weighted by molar-refractivity contribution is 5.92. The molecule has 23 heavy (non-hydrogen) atoms. The number of aliphatic hydroxyl groups is 1. The van der Waals surface area contributed by atoms with Gasteiger partial charge in [0.25, 0.3) is 0 Å². The molecule has 3 saturated carbocycles. The van der Waals surface area contributed by atoms with Gasteiger partial charge in [0, 0.05) is 29.6 Å². The number of fused-ring (bicyclic) bond motifs is 5. The summed E-state index contributed by atoms with van der Waals surface area (Å²) in [6.07, 6.45) is 4.15. The van der Waals surface area contributed by atoms with E-state index in [1.54, 1.807) is 6.08 Å². The van der Waals surface area contributed by atoms with Crippen molar-refractivity contribution in [3.8, 4) is 0 Å². The molecular formula is C19H25FO3. The maximum Gasteiger partial charge on any atom is 0.155 e. The number of ketones is 2. The van der Waals surface area contributed by atoms with Gasteiger partial charge in [0.05, 0.1) is 6.10 Å². The molecule has 0 aromatic heterocycles. The summed E-state index contributed by atoms with van der Waals surface area (Å²) in [5.41, 5.74) is -2.18. The predicted octanol–water partition coefficient (Wildman–Crippen LogP) is 3.15. The summed E-state index contributed by atoms with van der Waals surface area (Å²) in [6, 6.07) is 0. The molecule has 3 fully saturated rings. The van der Waals surface area contributed by atoms with Crippen LogP contribution in [0.2, 0.25) is 0 Å². The highest BCUT2D eigenvalue weighted by Gasteiger charge is 2.70. The third kappa shape index (κ3) is 1.68. The van der Waals surface area contributed by atoms with E-state index in [9.17, 15) is 14.7 Å². The predicted molar refractivity (Wildman–Crippen MR) is 83.5 cm³/mol. The zero-order valence-corrected chi connectivity index (χ0v) is 13.9. The summed E-state index contributed by atoms with van der Waals surface area (Å²) in [5.74, 6) is 0.0112. The summed E-state index contributed by atoms with van der Waals surface area (Å²) < 4.78 is 16.5. The van der Waals surface area contributed by atoms with Crippen LogP contribution in [0.15, 0.2) is 11.6 Å². The lowest BCUT2D eigenvalue weighted by Crippen LogP contribution is -2.67. The van der Waals surface area contributed by atoms with Gasteiger partial charge < -0.3 is 5.11 Å². The molecule has 4 aliphatic carbocycles. The molecule has 0 heterocycles. The van der Waals surface area contributed by atoms with Crippen LogP contribution in [0.1, 0.15) is 58.8 Å². The number of rotatable bonds is 0. The van der Waals surface area contributed by atoms with E-state index in [0.717, 1.165) is 12.0 Å². The van der Waals surface area contributed by atoms with Crippen molar-refractivity contribution in [1.29, 1.82) is 0 Å². The monoisotopic (exact) mass is 320 g/mol. The summed E-state index contributed by atoms with van der Waals surface area (Å²) in [5, 5.41) is 10.8. The van der Waals surface area contributed by atoms with Gasteiger partial charge in [-0.05, 0) is 44.1 Å². The van der Waals surface area contributed by atoms with Gasteiger partial charge in [-0.3, -0.25) is 9.59 Å². The van der Waals surface area contributed by atoms with Crippen LogP contribution < -0.4 is 0 Å². The Morgan fingerprint density at radius 1 is 1.13 bits per heavy atom. The number of hydrogen-bond acceptors (Lipinski definition) is 3. The molecular weight excluding hydrogens is 295 g/mol. The van der Waals surface area contributed by atoms with Crippen LogP contribution in [0, 0.1) is 22.7 Å². The highest BCUT2D eigenvalue weighted by Crippen LogP contribution is 2.67. The average Bonchev–Trinajstić information content (AvgIpc) is 2.77. The quantitative estimate of drug-likeness (QED) is 0.746. The Labute approximate surface area is 136 Å². The summed E-state index contributed by atoms with van der Waals surface area (Å²) >= 11 is 0. The van der Waals surface area contributed by atoms with Crippen molar-refractivity contribution in [2.75, 3.05) is 0 Å².